The molecule has 19 heavy (non-hydrogen) atoms. The number of hydrogen-bond acceptors (Lipinski definition) is 3. The van der Waals surface area contributed by atoms with Crippen LogP contribution >= 0.6 is 0 Å². The Bertz CT molecular complexity index is 570. The number of fused-ring (bicyclic) bond motifs is 1. The van der Waals surface area contributed by atoms with E-state index in [4.69, 9.17) is 5.73 Å². The number of rotatable bonds is 3. The highest BCUT2D eigenvalue weighted by Gasteiger charge is 2.40. The van der Waals surface area contributed by atoms with Crippen molar-refractivity contribution in [1.82, 2.24) is 4.98 Å². The van der Waals surface area contributed by atoms with E-state index in [1.165, 1.54) is 0 Å². The van der Waals surface area contributed by atoms with Gasteiger partial charge in [-0.05, 0) is 18.2 Å². The van der Waals surface area contributed by atoms with Crippen LogP contribution in [0, 0.1) is 5.41 Å². The molecule has 3 nitrogen and oxygen atoms in total. The van der Waals surface area contributed by atoms with Crippen LogP contribution in [0.5, 0.6) is 0 Å². The third kappa shape index (κ3) is 2.03. The Morgan fingerprint density at radius 1 is 1.21 bits per heavy atom. The smallest absolute Gasteiger partial charge is 0.0879 e. The molecule has 100 valence electrons. The first-order valence-corrected chi connectivity index (χ1v) is 6.98. The van der Waals surface area contributed by atoms with E-state index in [0.717, 1.165) is 42.0 Å². The van der Waals surface area contributed by atoms with E-state index in [-0.39, 0.29) is 5.41 Å². The topological polar surface area (TPSA) is 59.1 Å². The summed E-state index contributed by atoms with van der Waals surface area (Å²) in [6.07, 6.45) is 7.46. The minimum absolute atomic E-state index is 0.161. The van der Waals surface area contributed by atoms with Crippen molar-refractivity contribution in [2.75, 3.05) is 6.54 Å². The van der Waals surface area contributed by atoms with Gasteiger partial charge in [-0.3, -0.25) is 4.98 Å². The monoisotopic (exact) mass is 256 g/mol. The Kier molecular flexibility index (Phi) is 3.25. The maximum absolute atomic E-state index is 10.8. The average Bonchev–Trinajstić information content (AvgIpc) is 2.96. The first kappa shape index (κ1) is 12.6. The lowest BCUT2D eigenvalue weighted by molar-refractivity contribution is 0.0342. The molecule has 3 N–H and O–H groups in total. The summed E-state index contributed by atoms with van der Waals surface area (Å²) < 4.78 is 0. The van der Waals surface area contributed by atoms with Crippen LogP contribution in [0.1, 0.15) is 37.4 Å². The largest absolute Gasteiger partial charge is 0.388 e. The maximum Gasteiger partial charge on any atom is 0.0879 e. The molecule has 1 aliphatic carbocycles. The van der Waals surface area contributed by atoms with Gasteiger partial charge in [-0.15, -0.1) is 0 Å². The zero-order valence-electron chi connectivity index (χ0n) is 11.0. The summed E-state index contributed by atoms with van der Waals surface area (Å²) in [7, 11) is 0. The van der Waals surface area contributed by atoms with E-state index < -0.39 is 6.10 Å². The molecule has 1 aliphatic rings. The van der Waals surface area contributed by atoms with Crippen LogP contribution in [0.4, 0.5) is 0 Å². The van der Waals surface area contributed by atoms with Gasteiger partial charge in [0.1, 0.15) is 0 Å². The van der Waals surface area contributed by atoms with Crippen molar-refractivity contribution in [2.45, 2.75) is 31.8 Å². The zero-order chi connectivity index (χ0) is 13.3. The van der Waals surface area contributed by atoms with Crippen LogP contribution in [0.2, 0.25) is 0 Å². The van der Waals surface area contributed by atoms with Crippen molar-refractivity contribution < 1.29 is 5.11 Å². The highest BCUT2D eigenvalue weighted by molar-refractivity contribution is 5.85. The Balaban J connectivity index is 2.08. The zero-order valence-corrected chi connectivity index (χ0v) is 11.0. The summed E-state index contributed by atoms with van der Waals surface area (Å²) in [5.41, 5.74) is 6.73. The van der Waals surface area contributed by atoms with E-state index in [1.54, 1.807) is 6.20 Å². The van der Waals surface area contributed by atoms with Crippen LogP contribution in [0.15, 0.2) is 36.7 Å². The summed E-state index contributed by atoms with van der Waals surface area (Å²) in [5.74, 6) is 0. The van der Waals surface area contributed by atoms with Gasteiger partial charge in [-0.25, -0.2) is 0 Å². The molecule has 0 radical (unpaired) electrons. The van der Waals surface area contributed by atoms with Crippen LogP contribution in [-0.4, -0.2) is 16.6 Å². The van der Waals surface area contributed by atoms with Gasteiger partial charge in [0.2, 0.25) is 0 Å². The van der Waals surface area contributed by atoms with Crippen molar-refractivity contribution in [1.29, 1.82) is 0 Å². The number of aliphatic hydroxyl groups excluding tert-OH is 1. The summed E-state index contributed by atoms with van der Waals surface area (Å²) in [6, 6.07) is 8.08. The summed E-state index contributed by atoms with van der Waals surface area (Å²) >= 11 is 0. The lowest BCUT2D eigenvalue weighted by atomic mass is 9.77. The highest BCUT2D eigenvalue weighted by atomic mass is 16.3. The Morgan fingerprint density at radius 3 is 2.68 bits per heavy atom. The minimum Gasteiger partial charge on any atom is -0.388 e. The van der Waals surface area contributed by atoms with Gasteiger partial charge in [-0.1, -0.05) is 37.1 Å². The second-order valence-electron chi connectivity index (χ2n) is 5.63. The fourth-order valence-corrected chi connectivity index (χ4v) is 3.36. The normalized spacial score (nSPS) is 19.7. The lowest BCUT2D eigenvalue weighted by Gasteiger charge is -2.33. The molecule has 1 fully saturated rings. The molecule has 1 aromatic carbocycles. The number of nitrogens with two attached hydrogens (primary N) is 1. The van der Waals surface area contributed by atoms with E-state index in [0.29, 0.717) is 6.54 Å². The van der Waals surface area contributed by atoms with Gasteiger partial charge >= 0.3 is 0 Å². The maximum atomic E-state index is 10.8. The van der Waals surface area contributed by atoms with Crippen molar-refractivity contribution >= 4 is 10.8 Å². The van der Waals surface area contributed by atoms with Gasteiger partial charge < -0.3 is 10.8 Å². The van der Waals surface area contributed by atoms with E-state index in [9.17, 15) is 5.11 Å². The minimum atomic E-state index is -0.515. The number of aromatic nitrogens is 1. The number of benzene rings is 1. The highest BCUT2D eigenvalue weighted by Crippen LogP contribution is 2.47. The summed E-state index contributed by atoms with van der Waals surface area (Å²) in [6.45, 7) is 0.539. The predicted molar refractivity (Wildman–Crippen MR) is 76.7 cm³/mol. The summed E-state index contributed by atoms with van der Waals surface area (Å²) in [4.78, 5) is 4.27. The molecule has 2 aromatic rings. The molecule has 3 rings (SSSR count). The first-order chi connectivity index (χ1) is 9.27. The van der Waals surface area contributed by atoms with Crippen LogP contribution in [-0.2, 0) is 0 Å². The Labute approximate surface area is 113 Å². The second-order valence-corrected chi connectivity index (χ2v) is 5.63. The summed E-state index contributed by atoms with van der Waals surface area (Å²) in [5, 5.41) is 13.0. The number of aliphatic hydroxyl groups is 1. The van der Waals surface area contributed by atoms with Crippen molar-refractivity contribution in [3.8, 4) is 0 Å². The first-order valence-electron chi connectivity index (χ1n) is 6.98. The Morgan fingerprint density at radius 2 is 1.95 bits per heavy atom. The molecule has 1 atom stereocenters. The van der Waals surface area contributed by atoms with Gasteiger partial charge in [0.15, 0.2) is 0 Å². The average molecular weight is 256 g/mol. The number of pyridine rings is 1. The van der Waals surface area contributed by atoms with Gasteiger partial charge in [-0.2, -0.15) is 0 Å². The molecule has 1 saturated carbocycles. The molecule has 0 aliphatic heterocycles. The quantitative estimate of drug-likeness (QED) is 0.887. The SMILES string of the molecule is NCC1(C(O)c2cncc3ccccc23)CCCC1. The third-order valence-electron chi connectivity index (χ3n) is 4.58. The Hall–Kier alpha value is -1.45. The molecule has 1 aromatic heterocycles. The fraction of sp³-hybridized carbons (Fsp3) is 0.438. The van der Waals surface area contributed by atoms with E-state index in [1.807, 2.05) is 24.4 Å². The lowest BCUT2D eigenvalue weighted by Crippen LogP contribution is -2.34. The predicted octanol–water partition coefficient (Wildman–Crippen LogP) is 2.79. The standard InChI is InChI=1S/C16H20N2O/c17-11-16(7-3-4-8-16)15(19)14-10-18-9-12-5-1-2-6-13(12)14/h1-2,5-6,9-10,15,19H,3-4,7-8,11,17H2. The van der Waals surface area contributed by atoms with Crippen LogP contribution < -0.4 is 5.73 Å². The molecular weight excluding hydrogens is 236 g/mol. The van der Waals surface area contributed by atoms with Crippen molar-refractivity contribution in [2.24, 2.45) is 11.1 Å². The van der Waals surface area contributed by atoms with Crippen molar-refractivity contribution in [3.63, 3.8) is 0 Å². The van der Waals surface area contributed by atoms with Crippen LogP contribution in [0.3, 0.4) is 0 Å². The molecule has 0 amide bonds. The second kappa shape index (κ2) is 4.91. The molecule has 1 unspecified atom stereocenters. The van der Waals surface area contributed by atoms with Gasteiger partial charge in [0.05, 0.1) is 6.10 Å². The molecule has 1 heterocycles. The third-order valence-corrected chi connectivity index (χ3v) is 4.58. The number of hydrogen-bond donors (Lipinski definition) is 2. The van der Waals surface area contributed by atoms with Crippen molar-refractivity contribution in [3.05, 3.63) is 42.2 Å². The van der Waals surface area contributed by atoms with Crippen LogP contribution in [0.25, 0.3) is 10.8 Å². The number of nitrogens with zero attached hydrogens (tertiary/aromatic N) is 1. The van der Waals surface area contributed by atoms with E-state index in [2.05, 4.69) is 11.1 Å². The molecule has 0 saturated heterocycles. The molecule has 3 heteroatoms. The van der Waals surface area contributed by atoms with Gasteiger partial charge in [0.25, 0.3) is 0 Å². The fourth-order valence-electron chi connectivity index (χ4n) is 3.36. The van der Waals surface area contributed by atoms with Gasteiger partial charge in [0, 0.05) is 35.3 Å². The van der Waals surface area contributed by atoms with E-state index >= 15 is 0 Å². The molecule has 0 spiro atoms. The molecule has 0 bridgehead atoms. The molecular formula is C16H20N2O.